The van der Waals surface area contributed by atoms with Gasteiger partial charge in [0.05, 0.1) is 13.2 Å². The summed E-state index contributed by atoms with van der Waals surface area (Å²) in [4.78, 5) is 0. The summed E-state index contributed by atoms with van der Waals surface area (Å²) in [5.74, 6) is 0.860. The Kier molecular flexibility index (Phi) is 6.25. The lowest BCUT2D eigenvalue weighted by Crippen LogP contribution is -2.32. The number of aliphatic hydroxyl groups is 1. The second kappa shape index (κ2) is 8.18. The van der Waals surface area contributed by atoms with Gasteiger partial charge >= 0.3 is 0 Å². The van der Waals surface area contributed by atoms with Gasteiger partial charge in [0.15, 0.2) is 0 Å². The summed E-state index contributed by atoms with van der Waals surface area (Å²) >= 11 is 6.09. The lowest BCUT2D eigenvalue weighted by atomic mass is 10.1. The smallest absolute Gasteiger partial charge is 0.118 e. The summed E-state index contributed by atoms with van der Waals surface area (Å²) in [5.41, 5.74) is 1.99. The SMILES string of the molecule is COc1ccc(CC(C)NCC(O)c2ccccc2Cl)cc1. The van der Waals surface area contributed by atoms with Crippen LogP contribution >= 0.6 is 11.6 Å². The predicted octanol–water partition coefficient (Wildman–Crippen LogP) is 3.60. The minimum Gasteiger partial charge on any atom is -0.497 e. The lowest BCUT2D eigenvalue weighted by molar-refractivity contribution is 0.170. The fourth-order valence-corrected chi connectivity index (χ4v) is 2.62. The highest BCUT2D eigenvalue weighted by Gasteiger charge is 2.12. The second-order valence-corrected chi connectivity index (χ2v) is 5.81. The van der Waals surface area contributed by atoms with Crippen molar-refractivity contribution < 1.29 is 9.84 Å². The van der Waals surface area contributed by atoms with Crippen LogP contribution in [0.2, 0.25) is 5.02 Å². The van der Waals surface area contributed by atoms with Crippen molar-refractivity contribution in [3.63, 3.8) is 0 Å². The minimum atomic E-state index is -0.605. The molecule has 0 radical (unpaired) electrons. The predicted molar refractivity (Wildman–Crippen MR) is 90.6 cm³/mol. The van der Waals surface area contributed by atoms with E-state index in [1.165, 1.54) is 5.56 Å². The monoisotopic (exact) mass is 319 g/mol. The number of ether oxygens (including phenoxy) is 1. The molecule has 2 N–H and O–H groups in total. The fraction of sp³-hybridized carbons (Fsp3) is 0.333. The quantitative estimate of drug-likeness (QED) is 0.819. The van der Waals surface area contributed by atoms with Crippen LogP contribution in [0.25, 0.3) is 0 Å². The van der Waals surface area contributed by atoms with Crippen molar-refractivity contribution in [1.29, 1.82) is 0 Å². The summed E-state index contributed by atoms with van der Waals surface area (Å²) in [5, 5.41) is 14.2. The average molecular weight is 320 g/mol. The number of halogens is 1. The molecule has 22 heavy (non-hydrogen) atoms. The molecule has 0 saturated heterocycles. The van der Waals surface area contributed by atoms with Crippen LogP contribution in [0.5, 0.6) is 5.75 Å². The maximum Gasteiger partial charge on any atom is 0.118 e. The summed E-state index contributed by atoms with van der Waals surface area (Å²) in [7, 11) is 1.66. The van der Waals surface area contributed by atoms with E-state index >= 15 is 0 Å². The number of methoxy groups -OCH3 is 1. The zero-order valence-corrected chi connectivity index (χ0v) is 13.7. The van der Waals surface area contributed by atoms with Crippen LogP contribution in [0.4, 0.5) is 0 Å². The molecule has 118 valence electrons. The van der Waals surface area contributed by atoms with Gasteiger partial charge < -0.3 is 15.2 Å². The van der Waals surface area contributed by atoms with Gasteiger partial charge in [-0.05, 0) is 37.1 Å². The van der Waals surface area contributed by atoms with Gasteiger partial charge in [0.1, 0.15) is 5.75 Å². The van der Waals surface area contributed by atoms with Crippen LogP contribution in [0.15, 0.2) is 48.5 Å². The van der Waals surface area contributed by atoms with Gasteiger partial charge in [-0.15, -0.1) is 0 Å². The van der Waals surface area contributed by atoms with E-state index < -0.39 is 6.10 Å². The first-order valence-corrected chi connectivity index (χ1v) is 7.76. The van der Waals surface area contributed by atoms with E-state index in [4.69, 9.17) is 16.3 Å². The van der Waals surface area contributed by atoms with Crippen molar-refractivity contribution in [1.82, 2.24) is 5.32 Å². The highest BCUT2D eigenvalue weighted by Crippen LogP contribution is 2.22. The van der Waals surface area contributed by atoms with Crippen molar-refractivity contribution in [2.75, 3.05) is 13.7 Å². The molecular formula is C18H22ClNO2. The average Bonchev–Trinajstić information content (AvgIpc) is 2.54. The molecule has 4 heteroatoms. The van der Waals surface area contributed by atoms with E-state index in [2.05, 4.69) is 24.4 Å². The van der Waals surface area contributed by atoms with E-state index in [1.807, 2.05) is 30.3 Å². The van der Waals surface area contributed by atoms with Crippen molar-refractivity contribution >= 4 is 11.6 Å². The molecule has 0 amide bonds. The second-order valence-electron chi connectivity index (χ2n) is 5.40. The highest BCUT2D eigenvalue weighted by molar-refractivity contribution is 6.31. The first-order valence-electron chi connectivity index (χ1n) is 7.39. The van der Waals surface area contributed by atoms with Crippen molar-refractivity contribution in [2.24, 2.45) is 0 Å². The van der Waals surface area contributed by atoms with Gasteiger partial charge in [0.25, 0.3) is 0 Å². The van der Waals surface area contributed by atoms with Crippen LogP contribution in [0.1, 0.15) is 24.2 Å². The maximum atomic E-state index is 10.2. The third kappa shape index (κ3) is 4.73. The lowest BCUT2D eigenvalue weighted by Gasteiger charge is -2.18. The molecule has 0 heterocycles. The number of hydrogen-bond donors (Lipinski definition) is 2. The summed E-state index contributed by atoms with van der Waals surface area (Å²) < 4.78 is 5.15. The number of nitrogens with one attached hydrogen (secondary N) is 1. The van der Waals surface area contributed by atoms with Crippen LogP contribution in [0, 0.1) is 0 Å². The van der Waals surface area contributed by atoms with Crippen molar-refractivity contribution in [3.8, 4) is 5.75 Å². The number of rotatable bonds is 7. The first-order chi connectivity index (χ1) is 10.6. The van der Waals surface area contributed by atoms with E-state index in [0.29, 0.717) is 11.6 Å². The number of benzene rings is 2. The Balaban J connectivity index is 1.84. The summed E-state index contributed by atoms with van der Waals surface area (Å²) in [6.45, 7) is 2.57. The molecule has 0 bridgehead atoms. The maximum absolute atomic E-state index is 10.2. The summed E-state index contributed by atoms with van der Waals surface area (Å²) in [6, 6.07) is 15.7. The third-order valence-corrected chi connectivity index (χ3v) is 3.97. The van der Waals surface area contributed by atoms with Crippen LogP contribution in [0.3, 0.4) is 0 Å². The van der Waals surface area contributed by atoms with Gasteiger partial charge in [0.2, 0.25) is 0 Å². The Morgan fingerprint density at radius 2 is 1.82 bits per heavy atom. The largest absolute Gasteiger partial charge is 0.497 e. The molecule has 0 aliphatic carbocycles. The van der Waals surface area contributed by atoms with E-state index in [9.17, 15) is 5.11 Å². The Labute approximate surface area is 136 Å². The van der Waals surface area contributed by atoms with Crippen LogP contribution in [-0.4, -0.2) is 24.8 Å². The number of hydrogen-bond acceptors (Lipinski definition) is 3. The highest BCUT2D eigenvalue weighted by atomic mass is 35.5. The molecule has 0 spiro atoms. The zero-order chi connectivity index (χ0) is 15.9. The van der Waals surface area contributed by atoms with E-state index in [0.717, 1.165) is 17.7 Å². The number of aliphatic hydroxyl groups excluding tert-OH is 1. The van der Waals surface area contributed by atoms with Crippen LogP contribution < -0.4 is 10.1 Å². The van der Waals surface area contributed by atoms with Gasteiger partial charge in [0, 0.05) is 23.2 Å². The third-order valence-electron chi connectivity index (χ3n) is 3.62. The van der Waals surface area contributed by atoms with Gasteiger partial charge in [-0.1, -0.05) is 41.9 Å². The summed E-state index contributed by atoms with van der Waals surface area (Å²) in [6.07, 6.45) is 0.284. The zero-order valence-electron chi connectivity index (χ0n) is 12.9. The Bertz CT molecular complexity index is 586. The topological polar surface area (TPSA) is 41.5 Å². The van der Waals surface area contributed by atoms with Crippen molar-refractivity contribution in [2.45, 2.75) is 25.5 Å². The van der Waals surface area contributed by atoms with Gasteiger partial charge in [-0.25, -0.2) is 0 Å². The standard InChI is InChI=1S/C18H22ClNO2/c1-13(11-14-7-9-15(22-2)10-8-14)20-12-18(21)16-5-3-4-6-17(16)19/h3-10,13,18,20-21H,11-12H2,1-2H3. The van der Waals surface area contributed by atoms with Gasteiger partial charge in [-0.2, -0.15) is 0 Å². The molecule has 0 aliphatic heterocycles. The molecular weight excluding hydrogens is 298 g/mol. The fourth-order valence-electron chi connectivity index (χ4n) is 2.36. The molecule has 2 atom stereocenters. The first kappa shape index (κ1) is 16.8. The van der Waals surface area contributed by atoms with E-state index in [1.54, 1.807) is 13.2 Å². The molecule has 2 rings (SSSR count). The molecule has 2 aromatic carbocycles. The Morgan fingerprint density at radius 1 is 1.14 bits per heavy atom. The Morgan fingerprint density at radius 3 is 2.45 bits per heavy atom. The minimum absolute atomic E-state index is 0.255. The molecule has 2 aromatic rings. The molecule has 0 saturated carbocycles. The van der Waals surface area contributed by atoms with Crippen molar-refractivity contribution in [3.05, 3.63) is 64.7 Å². The van der Waals surface area contributed by atoms with Crippen LogP contribution in [-0.2, 0) is 6.42 Å². The Hall–Kier alpha value is -1.55. The normalized spacial score (nSPS) is 13.6. The molecule has 0 aromatic heterocycles. The molecule has 3 nitrogen and oxygen atoms in total. The molecule has 2 unspecified atom stereocenters. The van der Waals surface area contributed by atoms with E-state index in [-0.39, 0.29) is 6.04 Å². The molecule has 0 fully saturated rings. The molecule has 0 aliphatic rings. The van der Waals surface area contributed by atoms with Gasteiger partial charge in [-0.3, -0.25) is 0 Å².